The van der Waals surface area contributed by atoms with E-state index in [4.69, 9.17) is 0 Å². The third-order valence-corrected chi connectivity index (χ3v) is 6.07. The Morgan fingerprint density at radius 1 is 0.844 bits per heavy atom. The molecule has 1 aliphatic heterocycles. The van der Waals surface area contributed by atoms with E-state index < -0.39 is 23.7 Å². The maximum atomic E-state index is 13.5. The molecule has 1 aliphatic rings. The standard InChI is InChI=1S/C27H21NO4/c29-24-15-6-3-12-21(24)25(30)16-27(32)22-13-4-5-14-23(22)28(26(27)31)17-19-10-7-9-18-8-1-2-11-20(18)19/h1-15,29,32H,16-17H2. The van der Waals surface area contributed by atoms with Crippen molar-refractivity contribution in [2.45, 2.75) is 18.6 Å². The number of nitrogens with zero attached hydrogens (tertiary/aromatic N) is 1. The Morgan fingerprint density at radius 2 is 1.53 bits per heavy atom. The van der Waals surface area contributed by atoms with E-state index in [-0.39, 0.29) is 17.9 Å². The first-order valence-corrected chi connectivity index (χ1v) is 10.4. The molecule has 0 bridgehead atoms. The first kappa shape index (κ1) is 20.0. The number of ketones is 1. The molecule has 1 unspecified atom stereocenters. The molecule has 158 valence electrons. The lowest BCUT2D eigenvalue weighted by Gasteiger charge is -2.23. The van der Waals surface area contributed by atoms with Crippen LogP contribution in [0.4, 0.5) is 5.69 Å². The number of benzene rings is 4. The van der Waals surface area contributed by atoms with Gasteiger partial charge in [-0.25, -0.2) is 0 Å². The number of Topliss-reactive ketones (excluding diaryl/α,β-unsaturated/α-hetero) is 1. The summed E-state index contributed by atoms with van der Waals surface area (Å²) in [6, 6.07) is 27.0. The molecule has 0 aliphatic carbocycles. The smallest absolute Gasteiger partial charge is 0.264 e. The Hall–Kier alpha value is -3.96. The van der Waals surface area contributed by atoms with Crippen molar-refractivity contribution in [2.24, 2.45) is 0 Å². The lowest BCUT2D eigenvalue weighted by Crippen LogP contribution is -2.41. The number of carbonyl (C=O) groups excluding carboxylic acids is 2. The summed E-state index contributed by atoms with van der Waals surface area (Å²) in [6.45, 7) is 0.268. The van der Waals surface area contributed by atoms with E-state index >= 15 is 0 Å². The number of aliphatic hydroxyl groups is 1. The normalized spacial score (nSPS) is 17.5. The lowest BCUT2D eigenvalue weighted by molar-refractivity contribution is -0.136. The number of anilines is 1. The van der Waals surface area contributed by atoms with E-state index in [2.05, 4.69) is 0 Å². The van der Waals surface area contributed by atoms with Crippen molar-refractivity contribution in [3.63, 3.8) is 0 Å². The van der Waals surface area contributed by atoms with Crippen LogP contribution >= 0.6 is 0 Å². The van der Waals surface area contributed by atoms with Crippen LogP contribution < -0.4 is 4.90 Å². The monoisotopic (exact) mass is 423 g/mol. The molecule has 5 nitrogen and oxygen atoms in total. The largest absolute Gasteiger partial charge is 0.507 e. The van der Waals surface area contributed by atoms with Crippen molar-refractivity contribution in [3.05, 3.63) is 108 Å². The highest BCUT2D eigenvalue weighted by molar-refractivity contribution is 6.11. The van der Waals surface area contributed by atoms with Crippen molar-refractivity contribution in [1.29, 1.82) is 0 Å². The van der Waals surface area contributed by atoms with Gasteiger partial charge in [-0.2, -0.15) is 0 Å². The first-order chi connectivity index (χ1) is 15.5. The third-order valence-electron chi connectivity index (χ3n) is 6.07. The highest BCUT2D eigenvalue weighted by Crippen LogP contribution is 2.44. The number of fused-ring (bicyclic) bond motifs is 2. The summed E-state index contributed by atoms with van der Waals surface area (Å²) in [5.41, 5.74) is 0.00819. The minimum atomic E-state index is -2.00. The molecule has 5 heteroatoms. The van der Waals surface area contributed by atoms with E-state index in [0.29, 0.717) is 11.3 Å². The van der Waals surface area contributed by atoms with Crippen LogP contribution in [0, 0.1) is 0 Å². The van der Waals surface area contributed by atoms with Gasteiger partial charge in [0.25, 0.3) is 5.91 Å². The van der Waals surface area contributed by atoms with Crippen molar-refractivity contribution < 1.29 is 19.8 Å². The first-order valence-electron chi connectivity index (χ1n) is 10.4. The highest BCUT2D eigenvalue weighted by atomic mass is 16.3. The van der Waals surface area contributed by atoms with Gasteiger partial charge in [0.05, 0.1) is 24.2 Å². The third kappa shape index (κ3) is 3.15. The van der Waals surface area contributed by atoms with Gasteiger partial charge in [0.1, 0.15) is 5.75 Å². The quantitative estimate of drug-likeness (QED) is 0.462. The Labute approximate surface area is 185 Å². The van der Waals surface area contributed by atoms with Crippen LogP contribution in [0.2, 0.25) is 0 Å². The molecule has 2 N–H and O–H groups in total. The molecule has 1 amide bonds. The zero-order chi connectivity index (χ0) is 22.3. The van der Waals surface area contributed by atoms with Crippen LogP contribution in [-0.4, -0.2) is 21.9 Å². The van der Waals surface area contributed by atoms with Gasteiger partial charge in [-0.1, -0.05) is 72.8 Å². The van der Waals surface area contributed by atoms with Gasteiger partial charge in [0.15, 0.2) is 11.4 Å². The van der Waals surface area contributed by atoms with Gasteiger partial charge < -0.3 is 15.1 Å². The maximum absolute atomic E-state index is 13.5. The van der Waals surface area contributed by atoms with Gasteiger partial charge >= 0.3 is 0 Å². The molecule has 0 aromatic heterocycles. The molecule has 4 aromatic rings. The van der Waals surface area contributed by atoms with Crippen LogP contribution in [0.15, 0.2) is 91.0 Å². The number of aromatic hydroxyl groups is 1. The molecule has 5 rings (SSSR count). The molecule has 0 fully saturated rings. The minimum absolute atomic E-state index is 0.0821. The number of amides is 1. The summed E-state index contributed by atoms with van der Waals surface area (Å²) >= 11 is 0. The van der Waals surface area contributed by atoms with Crippen LogP contribution in [-0.2, 0) is 16.9 Å². The Balaban J connectivity index is 1.53. The number of para-hydroxylation sites is 2. The van der Waals surface area contributed by atoms with Gasteiger partial charge in [0, 0.05) is 5.56 Å². The number of hydrogen-bond donors (Lipinski definition) is 2. The molecular formula is C27H21NO4. The maximum Gasteiger partial charge on any atom is 0.264 e. The summed E-state index contributed by atoms with van der Waals surface area (Å²) in [5, 5.41) is 23.6. The summed E-state index contributed by atoms with van der Waals surface area (Å²) < 4.78 is 0. The Bertz CT molecular complexity index is 1360. The molecule has 0 spiro atoms. The SMILES string of the molecule is O=C(CC1(O)C(=O)N(Cc2cccc3ccccc23)c2ccccc21)c1ccccc1O. The number of phenols is 1. The summed E-state index contributed by atoms with van der Waals surface area (Å²) in [4.78, 5) is 28.0. The molecule has 1 atom stereocenters. The second kappa shape index (κ2) is 7.62. The summed E-state index contributed by atoms with van der Waals surface area (Å²) in [6.07, 6.45) is -0.452. The van der Waals surface area contributed by atoms with E-state index in [0.717, 1.165) is 16.3 Å². The van der Waals surface area contributed by atoms with E-state index in [1.54, 1.807) is 36.4 Å². The lowest BCUT2D eigenvalue weighted by atomic mass is 9.88. The predicted molar refractivity (Wildman–Crippen MR) is 123 cm³/mol. The van der Waals surface area contributed by atoms with Crippen LogP contribution in [0.5, 0.6) is 5.75 Å². The molecule has 1 heterocycles. The van der Waals surface area contributed by atoms with E-state index in [9.17, 15) is 19.8 Å². The topological polar surface area (TPSA) is 77.8 Å². The zero-order valence-corrected chi connectivity index (χ0v) is 17.2. The number of phenolic OH excluding ortho intramolecular Hbond substituents is 1. The van der Waals surface area contributed by atoms with Crippen molar-refractivity contribution in [2.75, 3.05) is 4.90 Å². The highest BCUT2D eigenvalue weighted by Gasteiger charge is 2.51. The predicted octanol–water partition coefficient (Wildman–Crippen LogP) is 4.55. The summed E-state index contributed by atoms with van der Waals surface area (Å²) in [5.74, 6) is -1.22. The van der Waals surface area contributed by atoms with Gasteiger partial charge in [-0.15, -0.1) is 0 Å². The van der Waals surface area contributed by atoms with E-state index in [1.165, 1.54) is 17.0 Å². The van der Waals surface area contributed by atoms with Crippen LogP contribution in [0.3, 0.4) is 0 Å². The molecule has 0 saturated carbocycles. The zero-order valence-electron chi connectivity index (χ0n) is 17.2. The number of carbonyl (C=O) groups is 2. The van der Waals surface area contributed by atoms with Gasteiger partial charge in [-0.3, -0.25) is 9.59 Å². The van der Waals surface area contributed by atoms with Crippen LogP contribution in [0.1, 0.15) is 27.9 Å². The fourth-order valence-electron chi connectivity index (χ4n) is 4.47. The Morgan fingerprint density at radius 3 is 2.38 bits per heavy atom. The second-order valence-corrected chi connectivity index (χ2v) is 8.02. The van der Waals surface area contributed by atoms with Crippen molar-refractivity contribution >= 4 is 28.2 Å². The van der Waals surface area contributed by atoms with Crippen molar-refractivity contribution in [1.82, 2.24) is 0 Å². The molecule has 0 radical (unpaired) electrons. The number of hydrogen-bond acceptors (Lipinski definition) is 4. The average molecular weight is 423 g/mol. The molecule has 0 saturated heterocycles. The van der Waals surface area contributed by atoms with E-state index in [1.807, 2.05) is 42.5 Å². The van der Waals surface area contributed by atoms with Crippen LogP contribution in [0.25, 0.3) is 10.8 Å². The fourth-order valence-corrected chi connectivity index (χ4v) is 4.47. The van der Waals surface area contributed by atoms with Crippen molar-refractivity contribution in [3.8, 4) is 5.75 Å². The minimum Gasteiger partial charge on any atom is -0.507 e. The molecule has 32 heavy (non-hydrogen) atoms. The van der Waals surface area contributed by atoms with Gasteiger partial charge in [-0.05, 0) is 34.5 Å². The number of rotatable bonds is 5. The second-order valence-electron chi connectivity index (χ2n) is 8.02. The fraction of sp³-hybridized carbons (Fsp3) is 0.111. The van der Waals surface area contributed by atoms with Gasteiger partial charge in [0.2, 0.25) is 0 Å². The molecule has 4 aromatic carbocycles. The average Bonchev–Trinajstić information content (AvgIpc) is 3.01. The molecular weight excluding hydrogens is 402 g/mol. The summed E-state index contributed by atoms with van der Waals surface area (Å²) in [7, 11) is 0. The Kier molecular flexibility index (Phi) is 4.76.